The van der Waals surface area contributed by atoms with Gasteiger partial charge >= 0.3 is 0 Å². The number of carbonyl (C=O) groups excluding carboxylic acids is 1. The zero-order valence-corrected chi connectivity index (χ0v) is 5.48. The van der Waals surface area contributed by atoms with Crippen LogP contribution in [0.3, 0.4) is 0 Å². The van der Waals surface area contributed by atoms with Gasteiger partial charge in [-0.05, 0) is 6.07 Å². The Labute approximate surface area is 61.8 Å². The fourth-order valence-corrected chi connectivity index (χ4v) is 0.808. The van der Waals surface area contributed by atoms with Crippen molar-refractivity contribution in [1.29, 1.82) is 0 Å². The second-order valence-corrected chi connectivity index (χ2v) is 2.04. The summed E-state index contributed by atoms with van der Waals surface area (Å²) < 4.78 is 0. The second-order valence-electron chi connectivity index (χ2n) is 2.04. The van der Waals surface area contributed by atoms with E-state index in [9.17, 15) is 4.79 Å². The SMILES string of the molecule is O=C1C=C(c2ccn[nH]2)N=N1. The van der Waals surface area contributed by atoms with Crippen molar-refractivity contribution in [3.05, 3.63) is 24.0 Å². The normalized spacial score (nSPS) is 15.6. The van der Waals surface area contributed by atoms with Gasteiger partial charge in [0.15, 0.2) is 0 Å². The first-order valence-corrected chi connectivity index (χ1v) is 3.03. The first-order valence-electron chi connectivity index (χ1n) is 3.03. The van der Waals surface area contributed by atoms with Crippen LogP contribution in [0.1, 0.15) is 5.69 Å². The maximum absolute atomic E-state index is 10.6. The molecule has 0 atom stereocenters. The van der Waals surface area contributed by atoms with Crippen LogP contribution in [0.5, 0.6) is 0 Å². The van der Waals surface area contributed by atoms with Crippen LogP contribution < -0.4 is 0 Å². The Kier molecular flexibility index (Phi) is 1.15. The van der Waals surface area contributed by atoms with Crippen molar-refractivity contribution in [2.24, 2.45) is 10.2 Å². The highest BCUT2D eigenvalue weighted by Gasteiger charge is 2.10. The lowest BCUT2D eigenvalue weighted by Crippen LogP contribution is -1.80. The lowest BCUT2D eigenvalue weighted by molar-refractivity contribution is -0.113. The fourth-order valence-electron chi connectivity index (χ4n) is 0.808. The van der Waals surface area contributed by atoms with E-state index in [0.717, 1.165) is 0 Å². The molecule has 5 nitrogen and oxygen atoms in total. The molecule has 11 heavy (non-hydrogen) atoms. The lowest BCUT2D eigenvalue weighted by atomic mass is 10.3. The summed E-state index contributed by atoms with van der Waals surface area (Å²) in [7, 11) is 0. The summed E-state index contributed by atoms with van der Waals surface area (Å²) in [5, 5.41) is 13.3. The van der Waals surface area contributed by atoms with Crippen LogP contribution in [-0.4, -0.2) is 16.1 Å². The highest BCUT2D eigenvalue weighted by Crippen LogP contribution is 2.17. The van der Waals surface area contributed by atoms with Gasteiger partial charge in [-0.25, -0.2) is 0 Å². The largest absolute Gasteiger partial charge is 0.290 e. The van der Waals surface area contributed by atoms with E-state index >= 15 is 0 Å². The average molecular weight is 148 g/mol. The average Bonchev–Trinajstić information content (AvgIpc) is 2.55. The van der Waals surface area contributed by atoms with Crippen molar-refractivity contribution in [3.63, 3.8) is 0 Å². The number of carbonyl (C=O) groups is 1. The molecular formula is C6H4N4O. The van der Waals surface area contributed by atoms with Crippen molar-refractivity contribution in [1.82, 2.24) is 10.2 Å². The predicted molar refractivity (Wildman–Crippen MR) is 36.4 cm³/mol. The topological polar surface area (TPSA) is 70.5 Å². The molecule has 0 saturated heterocycles. The molecule has 0 saturated carbocycles. The van der Waals surface area contributed by atoms with Crippen LogP contribution in [0.2, 0.25) is 0 Å². The Balaban J connectivity index is 2.40. The van der Waals surface area contributed by atoms with Crippen LogP contribution in [0.4, 0.5) is 0 Å². The third kappa shape index (κ3) is 0.958. The van der Waals surface area contributed by atoms with Crippen molar-refractivity contribution in [3.8, 4) is 0 Å². The number of azo groups is 1. The lowest BCUT2D eigenvalue weighted by Gasteiger charge is -1.85. The van der Waals surface area contributed by atoms with Crippen LogP contribution >= 0.6 is 0 Å². The molecule has 0 unspecified atom stereocenters. The molecule has 2 rings (SSSR count). The zero-order chi connectivity index (χ0) is 7.68. The van der Waals surface area contributed by atoms with Gasteiger partial charge in [0.2, 0.25) is 0 Å². The Bertz CT molecular complexity index is 335. The molecule has 1 aromatic heterocycles. The molecule has 0 aliphatic carbocycles. The number of hydrogen-bond donors (Lipinski definition) is 1. The molecule has 0 spiro atoms. The van der Waals surface area contributed by atoms with Gasteiger partial charge in [-0.3, -0.25) is 9.89 Å². The summed E-state index contributed by atoms with van der Waals surface area (Å²) in [6.07, 6.45) is 2.95. The molecule has 2 heterocycles. The van der Waals surface area contributed by atoms with Crippen molar-refractivity contribution in [2.45, 2.75) is 0 Å². The third-order valence-electron chi connectivity index (χ3n) is 1.29. The van der Waals surface area contributed by atoms with Crippen molar-refractivity contribution < 1.29 is 4.79 Å². The Morgan fingerprint density at radius 2 is 2.27 bits per heavy atom. The van der Waals surface area contributed by atoms with E-state index in [2.05, 4.69) is 20.4 Å². The summed E-state index contributed by atoms with van der Waals surface area (Å²) in [5.74, 6) is -0.324. The number of aromatic nitrogens is 2. The Hall–Kier alpha value is -1.78. The molecule has 1 amide bonds. The standard InChI is InChI=1S/C6H4N4O/c11-6-3-5(9-10-6)4-1-2-7-8-4/h1-3H,(H,7,8). The maximum atomic E-state index is 10.6. The molecule has 1 aliphatic rings. The highest BCUT2D eigenvalue weighted by atomic mass is 16.1. The van der Waals surface area contributed by atoms with E-state index < -0.39 is 0 Å². The smallest absolute Gasteiger partial charge is 0.276 e. The zero-order valence-electron chi connectivity index (χ0n) is 5.48. The van der Waals surface area contributed by atoms with Crippen LogP contribution in [-0.2, 0) is 4.79 Å². The monoisotopic (exact) mass is 148 g/mol. The second kappa shape index (κ2) is 2.12. The summed E-state index contributed by atoms with van der Waals surface area (Å²) in [6, 6.07) is 1.73. The van der Waals surface area contributed by atoms with Crippen molar-refractivity contribution >= 4 is 11.6 Å². The van der Waals surface area contributed by atoms with Gasteiger partial charge in [0.25, 0.3) is 5.91 Å². The molecule has 0 radical (unpaired) electrons. The van der Waals surface area contributed by atoms with Gasteiger partial charge in [0, 0.05) is 12.3 Å². The molecule has 5 heteroatoms. The van der Waals surface area contributed by atoms with Crippen LogP contribution in [0, 0.1) is 0 Å². The van der Waals surface area contributed by atoms with E-state index in [-0.39, 0.29) is 5.91 Å². The molecule has 1 aromatic rings. The predicted octanol–water partition coefficient (Wildman–Crippen LogP) is 0.743. The maximum Gasteiger partial charge on any atom is 0.290 e. The summed E-state index contributed by atoms with van der Waals surface area (Å²) in [6.45, 7) is 0. The molecule has 0 bridgehead atoms. The number of nitrogens with one attached hydrogen (secondary N) is 1. The van der Waals surface area contributed by atoms with Gasteiger partial charge in [0.05, 0.1) is 5.69 Å². The molecule has 1 aliphatic heterocycles. The number of H-pyrrole nitrogens is 1. The first kappa shape index (κ1) is 5.96. The third-order valence-corrected chi connectivity index (χ3v) is 1.29. The highest BCUT2D eigenvalue weighted by molar-refractivity contribution is 5.97. The summed E-state index contributed by atoms with van der Waals surface area (Å²) in [5.41, 5.74) is 1.24. The quantitative estimate of drug-likeness (QED) is 0.638. The van der Waals surface area contributed by atoms with Gasteiger partial charge in [-0.1, -0.05) is 0 Å². The summed E-state index contributed by atoms with van der Waals surface area (Å²) in [4.78, 5) is 10.6. The first-order chi connectivity index (χ1) is 5.36. The van der Waals surface area contributed by atoms with E-state index in [1.54, 1.807) is 12.3 Å². The minimum atomic E-state index is -0.324. The van der Waals surface area contributed by atoms with Crippen LogP contribution in [0.25, 0.3) is 5.70 Å². The molecular weight excluding hydrogens is 144 g/mol. The van der Waals surface area contributed by atoms with E-state index in [0.29, 0.717) is 11.4 Å². The van der Waals surface area contributed by atoms with Crippen LogP contribution in [0.15, 0.2) is 28.6 Å². The van der Waals surface area contributed by atoms with E-state index in [1.807, 2.05) is 0 Å². The number of nitrogens with zero attached hydrogens (tertiary/aromatic N) is 3. The minimum Gasteiger partial charge on any atom is -0.276 e. The van der Waals surface area contributed by atoms with E-state index in [4.69, 9.17) is 0 Å². The number of rotatable bonds is 1. The number of hydrogen-bond acceptors (Lipinski definition) is 3. The van der Waals surface area contributed by atoms with E-state index in [1.165, 1.54) is 6.08 Å². The Morgan fingerprint density at radius 3 is 2.82 bits per heavy atom. The number of amides is 1. The Morgan fingerprint density at radius 1 is 1.36 bits per heavy atom. The van der Waals surface area contributed by atoms with Crippen molar-refractivity contribution in [2.75, 3.05) is 0 Å². The molecule has 0 fully saturated rings. The minimum absolute atomic E-state index is 0.324. The van der Waals surface area contributed by atoms with Gasteiger partial charge in [-0.2, -0.15) is 5.10 Å². The van der Waals surface area contributed by atoms with Gasteiger partial charge < -0.3 is 0 Å². The number of aromatic amines is 1. The van der Waals surface area contributed by atoms with Gasteiger partial charge in [-0.15, -0.1) is 10.2 Å². The van der Waals surface area contributed by atoms with Gasteiger partial charge in [0.1, 0.15) is 5.70 Å². The molecule has 54 valence electrons. The fraction of sp³-hybridized carbons (Fsp3) is 0. The molecule has 1 N–H and O–H groups in total. The molecule has 0 aromatic carbocycles. The summed E-state index contributed by atoms with van der Waals surface area (Å²) >= 11 is 0.